The minimum Gasteiger partial charge on any atom is -0.382 e. The molecule has 4 rings (SSSR count). The van der Waals surface area contributed by atoms with E-state index in [0.29, 0.717) is 11.9 Å². The molecule has 0 radical (unpaired) electrons. The number of benzene rings is 1. The average molecular weight is 353 g/mol. The van der Waals surface area contributed by atoms with Crippen LogP contribution in [0.15, 0.2) is 18.2 Å². The molecule has 2 aromatic heterocycles. The molecule has 0 saturated heterocycles. The Bertz CT molecular complexity index is 918. The zero-order valence-electron chi connectivity index (χ0n) is 14.9. The number of H-pyrrole nitrogens is 1. The highest BCUT2D eigenvalue weighted by atomic mass is 19.1. The maximum absolute atomic E-state index is 13.3. The van der Waals surface area contributed by atoms with Gasteiger partial charge in [-0.3, -0.25) is 0 Å². The molecule has 26 heavy (non-hydrogen) atoms. The predicted molar refractivity (Wildman–Crippen MR) is 100 cm³/mol. The van der Waals surface area contributed by atoms with Crippen LogP contribution in [0.4, 0.5) is 10.2 Å². The van der Waals surface area contributed by atoms with E-state index in [1.807, 2.05) is 0 Å². The third-order valence-electron chi connectivity index (χ3n) is 5.19. The van der Waals surface area contributed by atoms with Crippen molar-refractivity contribution in [2.24, 2.45) is 0 Å². The number of rotatable bonds is 2. The van der Waals surface area contributed by atoms with Crippen molar-refractivity contribution in [2.45, 2.75) is 57.8 Å². The molecule has 0 spiro atoms. The van der Waals surface area contributed by atoms with Crippen LogP contribution in [0.5, 0.6) is 0 Å². The summed E-state index contributed by atoms with van der Waals surface area (Å²) < 4.78 is 13.3. The average Bonchev–Trinajstić information content (AvgIpc) is 3.02. The summed E-state index contributed by atoms with van der Waals surface area (Å²) >= 11 is 0. The van der Waals surface area contributed by atoms with Crippen LogP contribution in [0.25, 0.3) is 11.2 Å². The lowest BCUT2D eigenvalue weighted by atomic mass is 9.92. The molecule has 0 bridgehead atoms. The molecule has 1 aliphatic rings. The molecule has 3 N–H and O–H groups in total. The maximum Gasteiger partial charge on any atom is 0.312 e. The van der Waals surface area contributed by atoms with Gasteiger partial charge in [0, 0.05) is 6.42 Å². The van der Waals surface area contributed by atoms with Crippen molar-refractivity contribution in [3.63, 3.8) is 0 Å². The standard InChI is InChI=1S/C20H24FN5/c21-20-25-18(22)17-19(26-20)24-16(23-17)12-13-9-10-14-7-5-3-1-2-4-6-8-15(14)11-13/h9-11H,1-8,12H2,(H3,22,23,24,25,26). The van der Waals surface area contributed by atoms with Gasteiger partial charge in [0.2, 0.25) is 0 Å². The first-order valence-electron chi connectivity index (χ1n) is 9.47. The Hall–Kier alpha value is -2.50. The van der Waals surface area contributed by atoms with Crippen molar-refractivity contribution < 1.29 is 4.39 Å². The van der Waals surface area contributed by atoms with Gasteiger partial charge in [-0.1, -0.05) is 43.9 Å². The molecule has 0 saturated carbocycles. The van der Waals surface area contributed by atoms with Crippen LogP contribution >= 0.6 is 0 Å². The monoisotopic (exact) mass is 353 g/mol. The van der Waals surface area contributed by atoms with E-state index in [4.69, 9.17) is 5.73 Å². The van der Waals surface area contributed by atoms with E-state index in [0.717, 1.165) is 12.2 Å². The highest BCUT2D eigenvalue weighted by molar-refractivity contribution is 5.81. The molecule has 6 heteroatoms. The smallest absolute Gasteiger partial charge is 0.312 e. The van der Waals surface area contributed by atoms with Crippen molar-refractivity contribution in [1.82, 2.24) is 19.9 Å². The summed E-state index contributed by atoms with van der Waals surface area (Å²) in [5.74, 6) is 0.822. The van der Waals surface area contributed by atoms with Crippen LogP contribution in [0, 0.1) is 6.08 Å². The normalized spacial score (nSPS) is 15.7. The fourth-order valence-electron chi connectivity index (χ4n) is 3.82. The number of aryl methyl sites for hydroxylation is 2. The summed E-state index contributed by atoms with van der Waals surface area (Å²) in [7, 11) is 0. The van der Waals surface area contributed by atoms with Crippen molar-refractivity contribution in [3.8, 4) is 0 Å². The number of imidazole rings is 1. The first-order valence-corrected chi connectivity index (χ1v) is 9.47. The molecule has 0 unspecified atom stereocenters. The number of nitrogens with two attached hydrogens (primary N) is 1. The van der Waals surface area contributed by atoms with Crippen LogP contribution in [-0.2, 0) is 19.3 Å². The lowest BCUT2D eigenvalue weighted by Gasteiger charge is -2.14. The highest BCUT2D eigenvalue weighted by Crippen LogP contribution is 2.23. The molecule has 2 heterocycles. The summed E-state index contributed by atoms with van der Waals surface area (Å²) in [6.45, 7) is 0. The molecule has 1 aromatic carbocycles. The molecular formula is C20H24FN5. The van der Waals surface area contributed by atoms with Gasteiger partial charge in [0.25, 0.3) is 0 Å². The number of aromatic nitrogens is 4. The SMILES string of the molecule is Nc1nc(F)nc2nc(Cc3ccc4c(c3)CCCCCCCC4)[nH]c12. The second-order valence-corrected chi connectivity index (χ2v) is 7.16. The third-order valence-corrected chi connectivity index (χ3v) is 5.19. The molecule has 0 atom stereocenters. The second-order valence-electron chi connectivity index (χ2n) is 7.16. The first kappa shape index (κ1) is 16.9. The molecule has 0 aliphatic heterocycles. The number of nitrogen functional groups attached to an aromatic ring is 1. The number of nitrogens with zero attached hydrogens (tertiary/aromatic N) is 3. The summed E-state index contributed by atoms with van der Waals surface area (Å²) in [6, 6.07) is 6.75. The van der Waals surface area contributed by atoms with Crippen molar-refractivity contribution in [2.75, 3.05) is 5.73 Å². The number of hydrogen-bond donors (Lipinski definition) is 2. The Labute approximate surface area is 152 Å². The molecule has 1 aliphatic carbocycles. The largest absolute Gasteiger partial charge is 0.382 e. The van der Waals surface area contributed by atoms with E-state index in [1.54, 1.807) is 0 Å². The van der Waals surface area contributed by atoms with E-state index in [1.165, 1.54) is 61.6 Å². The number of fused-ring (bicyclic) bond motifs is 2. The number of hydrogen-bond acceptors (Lipinski definition) is 4. The van der Waals surface area contributed by atoms with Crippen LogP contribution in [-0.4, -0.2) is 19.9 Å². The van der Waals surface area contributed by atoms with Gasteiger partial charge in [-0.2, -0.15) is 14.4 Å². The van der Waals surface area contributed by atoms with E-state index < -0.39 is 6.08 Å². The predicted octanol–water partition coefficient (Wildman–Crippen LogP) is 4.10. The van der Waals surface area contributed by atoms with Crippen LogP contribution in [0.1, 0.15) is 61.0 Å². The van der Waals surface area contributed by atoms with E-state index in [2.05, 4.69) is 38.1 Å². The van der Waals surface area contributed by atoms with Gasteiger partial charge in [0.1, 0.15) is 11.3 Å². The lowest BCUT2D eigenvalue weighted by Crippen LogP contribution is -2.00. The van der Waals surface area contributed by atoms with E-state index >= 15 is 0 Å². The minimum atomic E-state index is -0.846. The molecule has 5 nitrogen and oxygen atoms in total. The first-order chi connectivity index (χ1) is 12.7. The van der Waals surface area contributed by atoms with Crippen molar-refractivity contribution in [1.29, 1.82) is 0 Å². The summed E-state index contributed by atoms with van der Waals surface area (Å²) in [6.07, 6.45) is 10.0. The molecule has 3 aromatic rings. The Morgan fingerprint density at radius 3 is 2.46 bits per heavy atom. The van der Waals surface area contributed by atoms with Gasteiger partial charge in [0.15, 0.2) is 11.5 Å². The quantitative estimate of drug-likeness (QED) is 0.680. The van der Waals surface area contributed by atoms with E-state index in [-0.39, 0.29) is 11.5 Å². The zero-order chi connectivity index (χ0) is 17.9. The minimum absolute atomic E-state index is 0.0942. The van der Waals surface area contributed by atoms with Gasteiger partial charge in [0.05, 0.1) is 0 Å². The molecule has 136 valence electrons. The molecular weight excluding hydrogens is 329 g/mol. The van der Waals surface area contributed by atoms with Crippen LogP contribution in [0.2, 0.25) is 0 Å². The Morgan fingerprint density at radius 2 is 1.65 bits per heavy atom. The molecule has 0 amide bonds. The summed E-state index contributed by atoms with van der Waals surface area (Å²) in [5.41, 5.74) is 10.7. The van der Waals surface area contributed by atoms with Gasteiger partial charge in [-0.15, -0.1) is 0 Å². The van der Waals surface area contributed by atoms with Gasteiger partial charge < -0.3 is 10.7 Å². The zero-order valence-corrected chi connectivity index (χ0v) is 14.9. The number of nitrogens with one attached hydrogen (secondary N) is 1. The second kappa shape index (κ2) is 7.40. The number of aromatic amines is 1. The Kier molecular flexibility index (Phi) is 4.82. The highest BCUT2D eigenvalue weighted by Gasteiger charge is 2.12. The fourth-order valence-corrected chi connectivity index (χ4v) is 3.82. The fraction of sp³-hybridized carbons (Fsp3) is 0.450. The summed E-state index contributed by atoms with van der Waals surface area (Å²) in [4.78, 5) is 14.8. The topological polar surface area (TPSA) is 80.5 Å². The number of halogens is 1. The van der Waals surface area contributed by atoms with E-state index in [9.17, 15) is 4.39 Å². The third kappa shape index (κ3) is 3.69. The van der Waals surface area contributed by atoms with Crippen LogP contribution < -0.4 is 5.73 Å². The Balaban J connectivity index is 1.59. The lowest BCUT2D eigenvalue weighted by molar-refractivity contribution is 0.545. The van der Waals surface area contributed by atoms with Gasteiger partial charge in [-0.25, -0.2) is 4.98 Å². The van der Waals surface area contributed by atoms with Crippen molar-refractivity contribution >= 4 is 17.0 Å². The van der Waals surface area contributed by atoms with Crippen LogP contribution in [0.3, 0.4) is 0 Å². The maximum atomic E-state index is 13.3. The Morgan fingerprint density at radius 1 is 0.923 bits per heavy atom. The van der Waals surface area contributed by atoms with Gasteiger partial charge >= 0.3 is 6.08 Å². The number of anilines is 1. The summed E-state index contributed by atoms with van der Waals surface area (Å²) in [5, 5.41) is 0. The molecule has 0 fully saturated rings. The van der Waals surface area contributed by atoms with Crippen molar-refractivity contribution in [3.05, 3.63) is 46.8 Å². The van der Waals surface area contributed by atoms with Gasteiger partial charge in [-0.05, 0) is 42.4 Å².